The lowest BCUT2D eigenvalue weighted by molar-refractivity contribution is -0.122. The molecule has 2 amide bonds. The van der Waals surface area contributed by atoms with Crippen LogP contribution < -0.4 is 16.0 Å². The van der Waals surface area contributed by atoms with E-state index in [0.717, 1.165) is 12.1 Å². The van der Waals surface area contributed by atoms with Gasteiger partial charge in [-0.3, -0.25) is 9.59 Å². The zero-order valence-corrected chi connectivity index (χ0v) is 16.6. The highest BCUT2D eigenvalue weighted by atomic mass is 16.5. The van der Waals surface area contributed by atoms with E-state index < -0.39 is 0 Å². The molecule has 152 valence electrons. The Morgan fingerprint density at radius 3 is 1.50 bits per heavy atom. The highest BCUT2D eigenvalue weighted by Crippen LogP contribution is 2.19. The normalized spacial score (nSPS) is 11.1. The Morgan fingerprint density at radius 2 is 1.15 bits per heavy atom. The maximum Gasteiger partial charge on any atom is 0.222 e. The van der Waals surface area contributed by atoms with Crippen LogP contribution in [-0.4, -0.2) is 72.6 Å². The molecule has 3 N–H and O–H groups in total. The van der Waals surface area contributed by atoms with Crippen molar-refractivity contribution in [2.24, 2.45) is 5.41 Å². The molecular formula is C18H35N3O5. The van der Waals surface area contributed by atoms with Gasteiger partial charge in [-0.1, -0.05) is 13.5 Å². The first-order valence-corrected chi connectivity index (χ1v) is 8.87. The Labute approximate surface area is 157 Å². The summed E-state index contributed by atoms with van der Waals surface area (Å²) >= 11 is 0. The molecule has 0 aromatic carbocycles. The smallest absolute Gasteiger partial charge is 0.222 e. The van der Waals surface area contributed by atoms with Crippen molar-refractivity contribution >= 4 is 11.8 Å². The first kappa shape index (κ1) is 24.4. The number of carbonyl (C=O) groups is 2. The zero-order chi connectivity index (χ0) is 19.8. The van der Waals surface area contributed by atoms with Crippen LogP contribution in [0.15, 0.2) is 12.3 Å². The van der Waals surface area contributed by atoms with E-state index in [0.29, 0.717) is 52.5 Å². The van der Waals surface area contributed by atoms with Gasteiger partial charge < -0.3 is 30.2 Å². The van der Waals surface area contributed by atoms with E-state index in [-0.39, 0.29) is 17.2 Å². The highest BCUT2D eigenvalue weighted by Gasteiger charge is 2.26. The molecule has 0 saturated carbocycles. The molecular weight excluding hydrogens is 338 g/mol. The maximum atomic E-state index is 11.3. The van der Waals surface area contributed by atoms with Crippen molar-refractivity contribution in [3.8, 4) is 0 Å². The summed E-state index contributed by atoms with van der Waals surface area (Å²) in [6, 6.07) is 0. The third kappa shape index (κ3) is 12.7. The van der Waals surface area contributed by atoms with Gasteiger partial charge >= 0.3 is 0 Å². The van der Waals surface area contributed by atoms with Crippen molar-refractivity contribution in [2.75, 3.05) is 60.8 Å². The molecule has 8 nitrogen and oxygen atoms in total. The third-order valence-electron chi connectivity index (χ3n) is 3.76. The largest absolute Gasteiger partial charge is 0.392 e. The van der Waals surface area contributed by atoms with Gasteiger partial charge in [0.2, 0.25) is 11.8 Å². The van der Waals surface area contributed by atoms with Gasteiger partial charge in [0.25, 0.3) is 0 Å². The molecule has 0 aliphatic rings. The van der Waals surface area contributed by atoms with Crippen LogP contribution in [0.4, 0.5) is 0 Å². The molecule has 0 aliphatic carbocycles. The van der Waals surface area contributed by atoms with Crippen LogP contribution in [0.1, 0.15) is 26.2 Å². The van der Waals surface area contributed by atoms with E-state index in [4.69, 9.17) is 14.2 Å². The van der Waals surface area contributed by atoms with Crippen molar-refractivity contribution in [2.45, 2.75) is 26.2 Å². The Bertz CT molecular complexity index is 369. The van der Waals surface area contributed by atoms with Gasteiger partial charge in [0.1, 0.15) is 0 Å². The molecule has 0 aromatic heterocycles. The van der Waals surface area contributed by atoms with Crippen LogP contribution in [0.25, 0.3) is 0 Å². The molecule has 0 saturated heterocycles. The topological polar surface area (TPSA) is 97.9 Å². The standard InChI is InChI=1S/C18H35N3O5/c1-15(19-3)6-9-24-12-18(2,13-25-10-7-16(22)20-4)14-26-11-8-17(23)21-5/h19H,1,6-14H2,2-5H3,(H,20,22)(H,21,23). The maximum absolute atomic E-state index is 11.3. The molecule has 0 aromatic rings. The highest BCUT2D eigenvalue weighted by molar-refractivity contribution is 5.75. The van der Waals surface area contributed by atoms with Crippen molar-refractivity contribution in [1.29, 1.82) is 0 Å². The summed E-state index contributed by atoms with van der Waals surface area (Å²) in [5.41, 5.74) is 0.544. The number of hydrogen-bond donors (Lipinski definition) is 3. The molecule has 0 bridgehead atoms. The van der Waals surface area contributed by atoms with Crippen LogP contribution in [0, 0.1) is 5.41 Å². The summed E-state index contributed by atoms with van der Waals surface area (Å²) < 4.78 is 17.0. The second-order valence-corrected chi connectivity index (χ2v) is 6.42. The van der Waals surface area contributed by atoms with E-state index in [9.17, 15) is 9.59 Å². The number of nitrogens with one attached hydrogen (secondary N) is 3. The molecule has 0 atom stereocenters. The van der Waals surface area contributed by atoms with Crippen molar-refractivity contribution in [3.05, 3.63) is 12.3 Å². The van der Waals surface area contributed by atoms with Gasteiger partial charge in [-0.2, -0.15) is 0 Å². The Morgan fingerprint density at radius 1 is 0.769 bits per heavy atom. The lowest BCUT2D eigenvalue weighted by atomic mass is 9.94. The van der Waals surface area contributed by atoms with E-state index in [1.165, 1.54) is 0 Å². The quantitative estimate of drug-likeness (QED) is 0.340. The van der Waals surface area contributed by atoms with Crippen molar-refractivity contribution in [1.82, 2.24) is 16.0 Å². The molecule has 0 heterocycles. The second kappa shape index (κ2) is 14.5. The predicted molar refractivity (Wildman–Crippen MR) is 101 cm³/mol. The van der Waals surface area contributed by atoms with Crippen LogP contribution in [0.2, 0.25) is 0 Å². The fraction of sp³-hybridized carbons (Fsp3) is 0.778. The van der Waals surface area contributed by atoms with Crippen LogP contribution >= 0.6 is 0 Å². The minimum Gasteiger partial charge on any atom is -0.392 e. The van der Waals surface area contributed by atoms with Crippen molar-refractivity contribution < 1.29 is 23.8 Å². The van der Waals surface area contributed by atoms with E-state index >= 15 is 0 Å². The fourth-order valence-electron chi connectivity index (χ4n) is 1.98. The van der Waals surface area contributed by atoms with Crippen LogP contribution in [0.3, 0.4) is 0 Å². The first-order valence-electron chi connectivity index (χ1n) is 8.87. The zero-order valence-electron chi connectivity index (χ0n) is 16.6. The monoisotopic (exact) mass is 373 g/mol. The number of hydrogen-bond acceptors (Lipinski definition) is 6. The summed E-state index contributed by atoms with van der Waals surface area (Å²) in [5, 5.41) is 8.10. The number of ether oxygens (including phenoxy) is 3. The first-order chi connectivity index (χ1) is 12.4. The third-order valence-corrected chi connectivity index (χ3v) is 3.76. The Balaban J connectivity index is 4.32. The molecule has 0 aliphatic heterocycles. The Hall–Kier alpha value is -1.64. The summed E-state index contributed by atoms with van der Waals surface area (Å²) in [4.78, 5) is 22.5. The Kier molecular flexibility index (Phi) is 13.6. The van der Waals surface area contributed by atoms with E-state index in [1.54, 1.807) is 14.1 Å². The fourth-order valence-corrected chi connectivity index (χ4v) is 1.98. The minimum atomic E-state index is -0.369. The van der Waals surface area contributed by atoms with Gasteiger partial charge in [0.15, 0.2) is 0 Å². The molecule has 26 heavy (non-hydrogen) atoms. The minimum absolute atomic E-state index is 0.0599. The average molecular weight is 373 g/mol. The van der Waals surface area contributed by atoms with Gasteiger partial charge in [-0.05, 0) is 0 Å². The van der Waals surface area contributed by atoms with Crippen LogP contribution in [-0.2, 0) is 23.8 Å². The molecule has 8 heteroatoms. The summed E-state index contributed by atoms with van der Waals surface area (Å²) in [7, 11) is 5.02. The second-order valence-electron chi connectivity index (χ2n) is 6.42. The van der Waals surface area contributed by atoms with Gasteiger partial charge in [-0.25, -0.2) is 0 Å². The number of amides is 2. The number of rotatable bonds is 16. The van der Waals surface area contributed by atoms with Crippen LogP contribution in [0.5, 0.6) is 0 Å². The summed E-state index contributed by atoms with van der Waals surface area (Å²) in [6.07, 6.45) is 1.35. The predicted octanol–water partition coefficient (Wildman–Crippen LogP) is 0.438. The molecule has 0 fully saturated rings. The van der Waals surface area contributed by atoms with Gasteiger partial charge in [0.05, 0.1) is 39.6 Å². The lowest BCUT2D eigenvalue weighted by Gasteiger charge is -2.29. The summed E-state index contributed by atoms with van der Waals surface area (Å²) in [6.45, 7) is 8.33. The lowest BCUT2D eigenvalue weighted by Crippen LogP contribution is -2.35. The molecule has 0 unspecified atom stereocenters. The molecule has 0 rings (SSSR count). The van der Waals surface area contributed by atoms with Gasteiger partial charge in [0, 0.05) is 51.5 Å². The molecule has 0 spiro atoms. The van der Waals surface area contributed by atoms with E-state index in [2.05, 4.69) is 22.5 Å². The van der Waals surface area contributed by atoms with E-state index in [1.807, 2.05) is 14.0 Å². The molecule has 0 radical (unpaired) electrons. The summed E-state index contributed by atoms with van der Waals surface area (Å²) in [5.74, 6) is -0.120. The number of carbonyl (C=O) groups excluding carboxylic acids is 2. The SMILES string of the molecule is C=C(CCOCC(C)(COCCC(=O)NC)COCCC(=O)NC)NC. The van der Waals surface area contributed by atoms with Gasteiger partial charge in [-0.15, -0.1) is 0 Å². The average Bonchev–Trinajstić information content (AvgIpc) is 2.65. The van der Waals surface area contributed by atoms with Crippen molar-refractivity contribution in [3.63, 3.8) is 0 Å².